The number of hydrogen-bond donors (Lipinski definition) is 3. The second-order valence-corrected chi connectivity index (χ2v) is 6.81. The fourth-order valence-electron chi connectivity index (χ4n) is 1.01. The van der Waals surface area contributed by atoms with Crippen LogP contribution in [0.2, 0.25) is 0 Å². The first-order valence-electron chi connectivity index (χ1n) is 5.35. The van der Waals surface area contributed by atoms with E-state index in [2.05, 4.69) is 5.32 Å². The Morgan fingerprint density at radius 2 is 2.16 bits per heavy atom. The van der Waals surface area contributed by atoms with Crippen molar-refractivity contribution in [1.29, 1.82) is 0 Å². The third-order valence-corrected chi connectivity index (χ3v) is 5.05. The van der Waals surface area contributed by atoms with Crippen molar-refractivity contribution in [3.63, 3.8) is 0 Å². The van der Waals surface area contributed by atoms with Crippen molar-refractivity contribution >= 4 is 46.0 Å². The molecule has 0 aliphatic heterocycles. The molecular formula is C10H17ClN2O4S2. The molecule has 4 N–H and O–H groups in total. The van der Waals surface area contributed by atoms with Gasteiger partial charge >= 0.3 is 5.97 Å². The monoisotopic (exact) mass is 328 g/mol. The molecule has 1 unspecified atom stereocenters. The number of carbonyl (C=O) groups is 2. The smallest absolute Gasteiger partial charge is 0.321 e. The molecule has 0 aromatic heterocycles. The summed E-state index contributed by atoms with van der Waals surface area (Å²) in [6.07, 6.45) is 0. The highest BCUT2D eigenvalue weighted by atomic mass is 35.5. The molecular weight excluding hydrogens is 312 g/mol. The lowest BCUT2D eigenvalue weighted by molar-refractivity contribution is -0.137. The van der Waals surface area contributed by atoms with E-state index < -0.39 is 22.8 Å². The Morgan fingerprint density at radius 1 is 1.58 bits per heavy atom. The largest absolute Gasteiger partial charge is 0.480 e. The van der Waals surface area contributed by atoms with E-state index in [0.717, 1.165) is 0 Å². The summed E-state index contributed by atoms with van der Waals surface area (Å²) in [6, 6.07) is -1.25. The van der Waals surface area contributed by atoms with E-state index in [0.29, 0.717) is 5.75 Å². The Hall–Kier alpha value is -0.570. The molecule has 0 saturated carbocycles. The SMILES string of the molecule is CC(=O)N[C@H](C)CSC=C(Cl)S(=O)C[C@H](N)C(=O)O. The zero-order chi connectivity index (χ0) is 15.0. The maximum absolute atomic E-state index is 11.6. The second kappa shape index (κ2) is 9.35. The van der Waals surface area contributed by atoms with Gasteiger partial charge in [-0.3, -0.25) is 13.8 Å². The molecule has 9 heteroatoms. The van der Waals surface area contributed by atoms with Crippen LogP contribution in [0.4, 0.5) is 0 Å². The van der Waals surface area contributed by atoms with Crippen molar-refractivity contribution in [3.05, 3.63) is 9.77 Å². The predicted molar refractivity (Wildman–Crippen MR) is 78.3 cm³/mol. The zero-order valence-corrected chi connectivity index (χ0v) is 13.0. The molecule has 0 aliphatic rings. The van der Waals surface area contributed by atoms with Crippen LogP contribution in [0, 0.1) is 0 Å². The minimum Gasteiger partial charge on any atom is -0.480 e. The third-order valence-electron chi connectivity index (χ3n) is 1.84. The summed E-state index contributed by atoms with van der Waals surface area (Å²) in [5, 5.41) is 12.7. The highest BCUT2D eigenvalue weighted by molar-refractivity contribution is 8.03. The molecule has 0 radical (unpaired) electrons. The van der Waals surface area contributed by atoms with Crippen molar-refractivity contribution in [3.8, 4) is 0 Å². The predicted octanol–water partition coefficient (Wildman–Crippen LogP) is 0.443. The number of rotatable bonds is 8. The number of nitrogens with one attached hydrogen (secondary N) is 1. The third kappa shape index (κ3) is 9.04. The van der Waals surface area contributed by atoms with Gasteiger partial charge in [-0.2, -0.15) is 0 Å². The van der Waals surface area contributed by atoms with Gasteiger partial charge in [-0.1, -0.05) is 11.6 Å². The zero-order valence-electron chi connectivity index (χ0n) is 10.6. The van der Waals surface area contributed by atoms with Gasteiger partial charge in [0.1, 0.15) is 10.4 Å². The van der Waals surface area contributed by atoms with Crippen LogP contribution in [0.3, 0.4) is 0 Å². The van der Waals surface area contributed by atoms with Crippen molar-refractivity contribution in [1.82, 2.24) is 5.32 Å². The van der Waals surface area contributed by atoms with Crippen LogP contribution in [0.5, 0.6) is 0 Å². The first kappa shape index (κ1) is 18.4. The number of carbonyl (C=O) groups excluding carboxylic acids is 1. The molecule has 0 aromatic carbocycles. The average molecular weight is 329 g/mol. The van der Waals surface area contributed by atoms with Gasteiger partial charge in [-0.15, -0.1) is 11.8 Å². The van der Waals surface area contributed by atoms with E-state index in [1.165, 1.54) is 24.1 Å². The summed E-state index contributed by atoms with van der Waals surface area (Å²) in [5.41, 5.74) is 5.25. The molecule has 0 aliphatic carbocycles. The van der Waals surface area contributed by atoms with Crippen molar-refractivity contribution in [2.45, 2.75) is 25.9 Å². The van der Waals surface area contributed by atoms with Gasteiger partial charge in [0.15, 0.2) is 0 Å². The molecule has 19 heavy (non-hydrogen) atoms. The molecule has 3 atom stereocenters. The van der Waals surface area contributed by atoms with Crippen LogP contribution in [-0.4, -0.2) is 44.8 Å². The topological polar surface area (TPSA) is 109 Å². The van der Waals surface area contributed by atoms with Gasteiger partial charge < -0.3 is 16.2 Å². The molecule has 0 rings (SSSR count). The minimum atomic E-state index is -1.63. The van der Waals surface area contributed by atoms with Gasteiger partial charge in [-0.05, 0) is 12.3 Å². The Morgan fingerprint density at radius 3 is 2.63 bits per heavy atom. The molecule has 0 aromatic rings. The molecule has 0 bridgehead atoms. The normalized spacial score (nSPS) is 16.5. The molecule has 0 saturated heterocycles. The first-order chi connectivity index (χ1) is 8.73. The van der Waals surface area contributed by atoms with E-state index in [1.807, 2.05) is 6.92 Å². The molecule has 0 spiro atoms. The summed E-state index contributed by atoms with van der Waals surface area (Å²) in [7, 11) is -1.63. The van der Waals surface area contributed by atoms with Gasteiger partial charge in [0.25, 0.3) is 0 Å². The Balaban J connectivity index is 4.15. The van der Waals surface area contributed by atoms with E-state index >= 15 is 0 Å². The van der Waals surface area contributed by atoms with Crippen LogP contribution in [-0.2, 0) is 20.4 Å². The van der Waals surface area contributed by atoms with Gasteiger partial charge in [0.05, 0.1) is 16.6 Å². The summed E-state index contributed by atoms with van der Waals surface area (Å²) in [4.78, 5) is 21.3. The number of hydrogen-bond acceptors (Lipinski definition) is 5. The standard InChI is InChI=1S/C10H17ClN2O4S2/c1-6(13-7(2)14)3-18-4-9(11)19(17)5-8(12)10(15)16/h4,6,8H,3,5,12H2,1-2H3,(H,13,14)(H,15,16)/t6-,8+,19?/m1/s1. The molecule has 1 amide bonds. The second-order valence-electron chi connectivity index (χ2n) is 3.81. The van der Waals surface area contributed by atoms with Crippen molar-refractivity contribution in [2.24, 2.45) is 5.73 Å². The fourth-order valence-corrected chi connectivity index (χ4v) is 3.25. The maximum atomic E-state index is 11.6. The van der Waals surface area contributed by atoms with E-state index in [-0.39, 0.29) is 22.1 Å². The minimum absolute atomic E-state index is 0.0436. The van der Waals surface area contributed by atoms with Gasteiger partial charge in [-0.25, -0.2) is 0 Å². The number of amides is 1. The number of aliphatic carboxylic acids is 1. The Kier molecular flexibility index (Phi) is 9.07. The number of carboxylic acid groups (broad SMARTS) is 1. The lowest BCUT2D eigenvalue weighted by Gasteiger charge is -2.10. The van der Waals surface area contributed by atoms with Crippen LogP contribution < -0.4 is 11.1 Å². The van der Waals surface area contributed by atoms with Crippen LogP contribution in [0.1, 0.15) is 13.8 Å². The van der Waals surface area contributed by atoms with Crippen LogP contribution in [0.15, 0.2) is 9.77 Å². The number of halogens is 1. The van der Waals surface area contributed by atoms with Crippen molar-refractivity contribution in [2.75, 3.05) is 11.5 Å². The highest BCUT2D eigenvalue weighted by Crippen LogP contribution is 2.16. The average Bonchev–Trinajstić information content (AvgIpc) is 2.27. The van der Waals surface area contributed by atoms with Crippen LogP contribution >= 0.6 is 23.4 Å². The van der Waals surface area contributed by atoms with Gasteiger partial charge in [0, 0.05) is 18.7 Å². The molecule has 6 nitrogen and oxygen atoms in total. The number of carboxylic acids is 1. The summed E-state index contributed by atoms with van der Waals surface area (Å²) in [5.74, 6) is -1.01. The fraction of sp³-hybridized carbons (Fsp3) is 0.600. The van der Waals surface area contributed by atoms with Crippen LogP contribution in [0.25, 0.3) is 0 Å². The Labute approximate surface area is 123 Å². The maximum Gasteiger partial charge on any atom is 0.321 e. The summed E-state index contributed by atoms with van der Waals surface area (Å²) < 4.78 is 11.6. The Bertz CT molecular complexity index is 390. The quantitative estimate of drug-likeness (QED) is 0.596. The van der Waals surface area contributed by atoms with E-state index in [1.54, 1.807) is 0 Å². The number of nitrogens with two attached hydrogens (primary N) is 1. The molecule has 0 fully saturated rings. The van der Waals surface area contributed by atoms with E-state index in [4.69, 9.17) is 22.4 Å². The number of thioether (sulfide) groups is 1. The van der Waals surface area contributed by atoms with E-state index in [9.17, 15) is 13.8 Å². The lowest BCUT2D eigenvalue weighted by Crippen LogP contribution is -2.35. The molecule has 110 valence electrons. The summed E-state index contributed by atoms with van der Waals surface area (Å²) >= 11 is 7.06. The molecule has 0 heterocycles. The van der Waals surface area contributed by atoms with Gasteiger partial charge in [0.2, 0.25) is 5.91 Å². The first-order valence-corrected chi connectivity index (χ1v) is 8.09. The van der Waals surface area contributed by atoms with Crippen molar-refractivity contribution < 1.29 is 18.9 Å². The summed E-state index contributed by atoms with van der Waals surface area (Å²) in [6.45, 7) is 3.25. The lowest BCUT2D eigenvalue weighted by atomic mass is 10.4. The highest BCUT2D eigenvalue weighted by Gasteiger charge is 2.17.